The summed E-state index contributed by atoms with van der Waals surface area (Å²) < 4.78 is 21.5. The number of benzene rings is 1. The lowest BCUT2D eigenvalue weighted by Gasteiger charge is -2.29. The summed E-state index contributed by atoms with van der Waals surface area (Å²) in [4.78, 5) is 30.3. The number of carbonyl (C=O) groups is 2. The molecule has 2 heterocycles. The Labute approximate surface area is 199 Å². The van der Waals surface area contributed by atoms with Crippen molar-refractivity contribution in [1.29, 1.82) is 0 Å². The zero-order valence-electron chi connectivity index (χ0n) is 20.3. The summed E-state index contributed by atoms with van der Waals surface area (Å²) >= 11 is 0. The van der Waals surface area contributed by atoms with Crippen molar-refractivity contribution < 1.29 is 28.3 Å². The predicted molar refractivity (Wildman–Crippen MR) is 123 cm³/mol. The van der Waals surface area contributed by atoms with Gasteiger partial charge in [-0.2, -0.15) is 4.98 Å². The van der Waals surface area contributed by atoms with Gasteiger partial charge in [0.25, 0.3) is 5.89 Å². The monoisotopic (exact) mass is 474 g/mol. The van der Waals surface area contributed by atoms with Crippen LogP contribution in [-0.2, 0) is 27.4 Å². The number of amides is 2. The van der Waals surface area contributed by atoms with Gasteiger partial charge in [0.1, 0.15) is 18.8 Å². The summed E-state index contributed by atoms with van der Waals surface area (Å²) in [6, 6.07) is 9.38. The molecule has 0 aliphatic carbocycles. The molecule has 1 aliphatic rings. The fraction of sp³-hybridized carbons (Fsp3) is 0.583. The highest BCUT2D eigenvalue weighted by Crippen LogP contribution is 2.26. The number of nitrogens with one attached hydrogen (secondary N) is 1. The summed E-state index contributed by atoms with van der Waals surface area (Å²) in [5.74, 6) is 1.11. The van der Waals surface area contributed by atoms with Crippen molar-refractivity contribution in [3.05, 3.63) is 47.6 Å². The van der Waals surface area contributed by atoms with Crippen molar-refractivity contribution in [2.45, 2.75) is 71.3 Å². The van der Waals surface area contributed by atoms with Crippen LogP contribution in [0.25, 0.3) is 0 Å². The van der Waals surface area contributed by atoms with Crippen molar-refractivity contribution in [3.8, 4) is 0 Å². The number of nitrogens with zero attached hydrogens (tertiary/aromatic N) is 3. The molecule has 1 atom stereocenters. The van der Waals surface area contributed by atoms with Gasteiger partial charge in [-0.1, -0.05) is 35.5 Å². The average Bonchev–Trinajstić information content (AvgIpc) is 3.26. The first-order chi connectivity index (χ1) is 16.2. The summed E-state index contributed by atoms with van der Waals surface area (Å²) in [6.45, 7) is 9.09. The van der Waals surface area contributed by atoms with E-state index in [0.717, 1.165) is 18.4 Å². The second-order valence-electron chi connectivity index (χ2n) is 9.41. The fourth-order valence-electron chi connectivity index (χ4n) is 3.50. The van der Waals surface area contributed by atoms with Crippen LogP contribution in [0.5, 0.6) is 0 Å². The maximum Gasteiger partial charge on any atom is 0.410 e. The van der Waals surface area contributed by atoms with E-state index in [1.807, 2.05) is 58.0 Å². The van der Waals surface area contributed by atoms with E-state index in [-0.39, 0.29) is 37.9 Å². The van der Waals surface area contributed by atoms with E-state index < -0.39 is 11.7 Å². The van der Waals surface area contributed by atoms with Crippen molar-refractivity contribution >= 4 is 12.2 Å². The predicted octanol–water partition coefficient (Wildman–Crippen LogP) is 4.02. The minimum absolute atomic E-state index is 0.114. The molecule has 0 radical (unpaired) electrons. The number of alkyl carbamates (subject to hydrolysis) is 1. The first-order valence-corrected chi connectivity index (χ1v) is 11.5. The molecule has 1 N–H and O–H groups in total. The van der Waals surface area contributed by atoms with Crippen LogP contribution >= 0.6 is 0 Å². The SMILES string of the molecule is CC(COCc1nc(C2CCN(C(=O)OCc3ccccc3)CC2)no1)NC(=O)OC(C)(C)C. The lowest BCUT2D eigenvalue weighted by atomic mass is 9.96. The third-order valence-corrected chi connectivity index (χ3v) is 5.16. The Bertz CT molecular complexity index is 919. The van der Waals surface area contributed by atoms with Crippen LogP contribution in [0.4, 0.5) is 9.59 Å². The molecular formula is C24H34N4O6. The van der Waals surface area contributed by atoms with Gasteiger partial charge in [0.2, 0.25) is 0 Å². The Morgan fingerprint density at radius 3 is 2.56 bits per heavy atom. The van der Waals surface area contributed by atoms with E-state index in [1.165, 1.54) is 0 Å². The molecule has 0 saturated carbocycles. The van der Waals surface area contributed by atoms with Crippen LogP contribution in [0, 0.1) is 0 Å². The lowest BCUT2D eigenvalue weighted by Crippen LogP contribution is -2.39. The minimum atomic E-state index is -0.552. The van der Waals surface area contributed by atoms with Crippen molar-refractivity contribution in [3.63, 3.8) is 0 Å². The highest BCUT2D eigenvalue weighted by Gasteiger charge is 2.28. The Kier molecular flexibility index (Phi) is 8.86. The van der Waals surface area contributed by atoms with E-state index in [4.69, 9.17) is 18.7 Å². The molecule has 1 unspecified atom stereocenters. The Hall–Kier alpha value is -3.14. The quantitative estimate of drug-likeness (QED) is 0.610. The highest BCUT2D eigenvalue weighted by molar-refractivity contribution is 5.68. The summed E-state index contributed by atoms with van der Waals surface area (Å²) in [7, 11) is 0. The molecule has 3 rings (SSSR count). The molecule has 1 aromatic carbocycles. The molecule has 2 aromatic rings. The molecule has 1 fully saturated rings. The molecule has 0 bridgehead atoms. The third-order valence-electron chi connectivity index (χ3n) is 5.16. The molecule has 1 aromatic heterocycles. The fourth-order valence-corrected chi connectivity index (χ4v) is 3.50. The molecule has 186 valence electrons. The van der Waals surface area contributed by atoms with Gasteiger partial charge in [-0.25, -0.2) is 9.59 Å². The first kappa shape index (κ1) is 25.5. The van der Waals surface area contributed by atoms with Crippen LogP contribution in [0.2, 0.25) is 0 Å². The Morgan fingerprint density at radius 2 is 1.88 bits per heavy atom. The van der Waals surface area contributed by atoms with Gasteiger partial charge in [-0.05, 0) is 46.1 Å². The van der Waals surface area contributed by atoms with E-state index in [0.29, 0.717) is 24.8 Å². The van der Waals surface area contributed by atoms with E-state index in [1.54, 1.807) is 4.90 Å². The van der Waals surface area contributed by atoms with Crippen molar-refractivity contribution in [2.24, 2.45) is 0 Å². The zero-order valence-corrected chi connectivity index (χ0v) is 20.3. The summed E-state index contributed by atoms with van der Waals surface area (Å²) in [5.41, 5.74) is 0.408. The molecule has 34 heavy (non-hydrogen) atoms. The van der Waals surface area contributed by atoms with E-state index in [2.05, 4.69) is 15.5 Å². The minimum Gasteiger partial charge on any atom is -0.445 e. The number of aromatic nitrogens is 2. The van der Waals surface area contributed by atoms with Crippen LogP contribution in [0.1, 0.15) is 63.7 Å². The van der Waals surface area contributed by atoms with Gasteiger partial charge < -0.3 is 29.0 Å². The van der Waals surface area contributed by atoms with Gasteiger partial charge in [0.05, 0.1) is 12.6 Å². The zero-order chi connectivity index (χ0) is 24.6. The average molecular weight is 475 g/mol. The van der Waals surface area contributed by atoms with Gasteiger partial charge in [-0.15, -0.1) is 0 Å². The molecule has 2 amide bonds. The number of rotatable bonds is 8. The smallest absolute Gasteiger partial charge is 0.410 e. The van der Waals surface area contributed by atoms with Crippen molar-refractivity contribution in [1.82, 2.24) is 20.4 Å². The third kappa shape index (κ3) is 8.33. The van der Waals surface area contributed by atoms with Crippen molar-refractivity contribution in [2.75, 3.05) is 19.7 Å². The number of piperidine rings is 1. The van der Waals surface area contributed by atoms with Crippen LogP contribution < -0.4 is 5.32 Å². The maximum absolute atomic E-state index is 12.3. The number of carbonyl (C=O) groups excluding carboxylic acids is 2. The maximum atomic E-state index is 12.3. The molecule has 10 nitrogen and oxygen atoms in total. The van der Waals surface area contributed by atoms with Crippen LogP contribution in [-0.4, -0.2) is 58.6 Å². The van der Waals surface area contributed by atoms with E-state index >= 15 is 0 Å². The second kappa shape index (κ2) is 11.8. The van der Waals surface area contributed by atoms with Crippen LogP contribution in [0.15, 0.2) is 34.9 Å². The Morgan fingerprint density at radius 1 is 1.18 bits per heavy atom. The number of ether oxygens (including phenoxy) is 3. The largest absolute Gasteiger partial charge is 0.445 e. The summed E-state index contributed by atoms with van der Waals surface area (Å²) in [5, 5.41) is 6.80. The van der Waals surface area contributed by atoms with Gasteiger partial charge in [0.15, 0.2) is 5.82 Å². The van der Waals surface area contributed by atoms with E-state index in [9.17, 15) is 9.59 Å². The standard InChI is InChI=1S/C24H34N4O6/c1-17(25-22(29)33-24(2,3)4)14-31-16-20-26-21(27-34-20)19-10-12-28(13-11-19)23(30)32-15-18-8-6-5-7-9-18/h5-9,17,19H,10-16H2,1-4H3,(H,25,29). The molecular weight excluding hydrogens is 440 g/mol. The Balaban J connectivity index is 1.35. The van der Waals surface area contributed by atoms with Gasteiger partial charge in [0, 0.05) is 19.0 Å². The number of hydrogen-bond acceptors (Lipinski definition) is 8. The number of hydrogen-bond donors (Lipinski definition) is 1. The lowest BCUT2D eigenvalue weighted by molar-refractivity contribution is 0.0421. The normalized spacial score (nSPS) is 15.6. The topological polar surface area (TPSA) is 116 Å². The molecule has 1 aliphatic heterocycles. The first-order valence-electron chi connectivity index (χ1n) is 11.5. The van der Waals surface area contributed by atoms with Gasteiger partial charge >= 0.3 is 12.2 Å². The molecule has 0 spiro atoms. The molecule has 10 heteroatoms. The molecule has 1 saturated heterocycles. The van der Waals surface area contributed by atoms with Crippen LogP contribution in [0.3, 0.4) is 0 Å². The van der Waals surface area contributed by atoms with Gasteiger partial charge in [-0.3, -0.25) is 0 Å². The number of likely N-dealkylation sites (tertiary alicyclic amines) is 1. The highest BCUT2D eigenvalue weighted by atomic mass is 16.6. The second-order valence-corrected chi connectivity index (χ2v) is 9.41. The summed E-state index contributed by atoms with van der Waals surface area (Å²) in [6.07, 6.45) is 0.673.